The van der Waals surface area contributed by atoms with Crippen molar-refractivity contribution in [1.82, 2.24) is 30.1 Å². The molecule has 1 aliphatic carbocycles. The molecule has 9 heteroatoms. The number of methoxy groups -OCH3 is 1. The van der Waals surface area contributed by atoms with E-state index in [4.69, 9.17) is 9.47 Å². The van der Waals surface area contributed by atoms with Crippen molar-refractivity contribution < 1.29 is 9.47 Å². The molecule has 2 aromatic heterocycles. The fraction of sp³-hybridized carbons (Fsp3) is 0.484. The lowest BCUT2D eigenvalue weighted by atomic mass is 10.00. The maximum absolute atomic E-state index is 13.8. The summed E-state index contributed by atoms with van der Waals surface area (Å²) in [7, 11) is 1.68. The average Bonchev–Trinajstić information content (AvgIpc) is 3.77. The molecule has 210 valence electrons. The summed E-state index contributed by atoms with van der Waals surface area (Å²) >= 11 is 0. The van der Waals surface area contributed by atoms with E-state index in [1.54, 1.807) is 7.11 Å². The zero-order valence-electron chi connectivity index (χ0n) is 23.4. The Balaban J connectivity index is 1.51. The summed E-state index contributed by atoms with van der Waals surface area (Å²) in [6.45, 7) is 4.15. The number of aryl methyl sites for hydroxylation is 1. The highest BCUT2D eigenvalue weighted by Crippen LogP contribution is 2.35. The van der Waals surface area contributed by atoms with E-state index in [2.05, 4.69) is 56.6 Å². The van der Waals surface area contributed by atoms with Gasteiger partial charge in [-0.15, -0.1) is 5.10 Å². The first-order valence-electron chi connectivity index (χ1n) is 14.5. The molecule has 2 fully saturated rings. The van der Waals surface area contributed by atoms with Crippen molar-refractivity contribution >= 4 is 10.9 Å². The fourth-order valence-electron chi connectivity index (χ4n) is 6.30. The highest BCUT2D eigenvalue weighted by atomic mass is 16.5. The Morgan fingerprint density at radius 2 is 1.98 bits per heavy atom. The minimum absolute atomic E-state index is 0.0788. The lowest BCUT2D eigenvalue weighted by Crippen LogP contribution is -2.39. The number of nitrogens with zero attached hydrogens (tertiary/aromatic N) is 5. The standard InChI is InChI=1S/C31H38N6O3/c1-3-21-13-14-28-23(16-21)18-27(31(38)32-28)29(30-33-34-35-37(30)24-9-4-5-10-24)36(20-26-12-7-15-40-26)19-22-8-6-11-25(17-22)39-2/h6,8,11,13-14,16-18,24,26,29H,3-5,7,9-10,12,15,19-20H2,1-2H3,(H,32,38)/t26-,29-/m1/s1. The number of benzene rings is 2. The van der Waals surface area contributed by atoms with E-state index in [0.29, 0.717) is 24.5 Å². The van der Waals surface area contributed by atoms with E-state index in [9.17, 15) is 4.79 Å². The largest absolute Gasteiger partial charge is 0.497 e. The van der Waals surface area contributed by atoms with Crippen LogP contribution in [0.5, 0.6) is 5.75 Å². The van der Waals surface area contributed by atoms with Crippen LogP contribution in [-0.4, -0.2) is 56.5 Å². The van der Waals surface area contributed by atoms with Crippen LogP contribution < -0.4 is 10.3 Å². The van der Waals surface area contributed by atoms with Crippen LogP contribution >= 0.6 is 0 Å². The molecule has 2 atom stereocenters. The Kier molecular flexibility index (Phi) is 7.93. The third kappa shape index (κ3) is 5.53. The zero-order valence-corrected chi connectivity index (χ0v) is 23.4. The van der Waals surface area contributed by atoms with E-state index < -0.39 is 6.04 Å². The molecule has 4 aromatic rings. The summed E-state index contributed by atoms with van der Waals surface area (Å²) in [6, 6.07) is 16.2. The maximum Gasteiger partial charge on any atom is 0.253 e. The van der Waals surface area contributed by atoms with Gasteiger partial charge in [-0.25, -0.2) is 4.68 Å². The van der Waals surface area contributed by atoms with Gasteiger partial charge in [0.2, 0.25) is 0 Å². The first kappa shape index (κ1) is 26.7. The van der Waals surface area contributed by atoms with Gasteiger partial charge in [-0.2, -0.15) is 0 Å². The first-order chi connectivity index (χ1) is 19.6. The van der Waals surface area contributed by atoms with E-state index in [0.717, 1.165) is 73.8 Å². The highest BCUT2D eigenvalue weighted by Gasteiger charge is 2.35. The zero-order chi connectivity index (χ0) is 27.5. The lowest BCUT2D eigenvalue weighted by molar-refractivity contribution is 0.0569. The van der Waals surface area contributed by atoms with Crippen LogP contribution in [0.2, 0.25) is 0 Å². The third-order valence-corrected chi connectivity index (χ3v) is 8.42. The Morgan fingerprint density at radius 3 is 2.75 bits per heavy atom. The number of nitrogens with one attached hydrogen (secondary N) is 1. The molecule has 1 N–H and O–H groups in total. The van der Waals surface area contributed by atoms with Crippen LogP contribution in [0.1, 0.15) is 80.0 Å². The normalized spacial score (nSPS) is 18.6. The molecule has 0 amide bonds. The van der Waals surface area contributed by atoms with Crippen molar-refractivity contribution in [2.75, 3.05) is 20.3 Å². The second-order valence-corrected chi connectivity index (χ2v) is 11.1. The van der Waals surface area contributed by atoms with Gasteiger partial charge in [-0.1, -0.05) is 38.0 Å². The number of tetrazole rings is 1. The Hall–Kier alpha value is -3.56. The van der Waals surface area contributed by atoms with Gasteiger partial charge in [0.25, 0.3) is 5.56 Å². The minimum Gasteiger partial charge on any atom is -0.497 e. The Bertz CT molecular complexity index is 1500. The summed E-state index contributed by atoms with van der Waals surface area (Å²) < 4.78 is 13.6. The summed E-state index contributed by atoms with van der Waals surface area (Å²) in [5, 5.41) is 14.2. The minimum atomic E-state index is -0.454. The molecular formula is C31H38N6O3. The molecule has 0 unspecified atom stereocenters. The predicted octanol–water partition coefficient (Wildman–Crippen LogP) is 4.97. The lowest BCUT2D eigenvalue weighted by Gasteiger charge is -2.33. The number of aromatic amines is 1. The monoisotopic (exact) mass is 542 g/mol. The van der Waals surface area contributed by atoms with Crippen molar-refractivity contribution in [3.8, 4) is 5.75 Å². The first-order valence-corrected chi connectivity index (χ1v) is 14.5. The van der Waals surface area contributed by atoms with Gasteiger partial charge in [0.1, 0.15) is 11.8 Å². The summed E-state index contributed by atoms with van der Waals surface area (Å²) in [5.41, 5.74) is 3.68. The topological polar surface area (TPSA) is 98.2 Å². The Labute approximate surface area is 234 Å². The molecule has 40 heavy (non-hydrogen) atoms. The summed E-state index contributed by atoms with van der Waals surface area (Å²) in [6.07, 6.45) is 7.44. The second kappa shape index (κ2) is 11.9. The summed E-state index contributed by atoms with van der Waals surface area (Å²) in [4.78, 5) is 19.3. The molecule has 0 radical (unpaired) electrons. The number of ether oxygens (including phenoxy) is 2. The van der Waals surface area contributed by atoms with Crippen LogP contribution in [-0.2, 0) is 17.7 Å². The number of fused-ring (bicyclic) bond motifs is 1. The smallest absolute Gasteiger partial charge is 0.253 e. The number of rotatable bonds is 10. The number of aromatic nitrogens is 5. The number of hydrogen-bond acceptors (Lipinski definition) is 7. The van der Waals surface area contributed by atoms with E-state index in [1.165, 1.54) is 5.56 Å². The van der Waals surface area contributed by atoms with Gasteiger partial charge in [0.05, 0.1) is 19.3 Å². The molecule has 3 heterocycles. The molecule has 1 saturated heterocycles. The van der Waals surface area contributed by atoms with Gasteiger partial charge >= 0.3 is 0 Å². The number of H-pyrrole nitrogens is 1. The molecule has 9 nitrogen and oxygen atoms in total. The Morgan fingerprint density at radius 1 is 1.10 bits per heavy atom. The predicted molar refractivity (Wildman–Crippen MR) is 153 cm³/mol. The van der Waals surface area contributed by atoms with Gasteiger partial charge in [0.15, 0.2) is 5.82 Å². The highest BCUT2D eigenvalue weighted by molar-refractivity contribution is 5.80. The van der Waals surface area contributed by atoms with Crippen LogP contribution in [0, 0.1) is 0 Å². The number of pyridine rings is 1. The van der Waals surface area contributed by atoms with Gasteiger partial charge in [-0.05, 0) is 89.4 Å². The third-order valence-electron chi connectivity index (χ3n) is 8.42. The van der Waals surface area contributed by atoms with Crippen molar-refractivity contribution in [3.63, 3.8) is 0 Å². The molecular weight excluding hydrogens is 504 g/mol. The van der Waals surface area contributed by atoms with E-state index in [1.807, 2.05) is 28.9 Å². The molecule has 2 aromatic carbocycles. The molecule has 0 bridgehead atoms. The van der Waals surface area contributed by atoms with Crippen LogP contribution in [0.25, 0.3) is 10.9 Å². The quantitative estimate of drug-likeness (QED) is 0.302. The molecule has 0 spiro atoms. The van der Waals surface area contributed by atoms with E-state index >= 15 is 0 Å². The van der Waals surface area contributed by atoms with E-state index in [-0.39, 0.29) is 17.7 Å². The van der Waals surface area contributed by atoms with Gasteiger partial charge in [-0.3, -0.25) is 9.69 Å². The van der Waals surface area contributed by atoms with Crippen LogP contribution in [0.4, 0.5) is 0 Å². The average molecular weight is 543 g/mol. The van der Waals surface area contributed by atoms with Crippen molar-refractivity contribution in [1.29, 1.82) is 0 Å². The van der Waals surface area contributed by atoms with Crippen LogP contribution in [0.15, 0.2) is 53.3 Å². The maximum atomic E-state index is 13.8. The van der Waals surface area contributed by atoms with Crippen molar-refractivity contribution in [3.05, 3.63) is 81.4 Å². The fourth-order valence-corrected chi connectivity index (χ4v) is 6.30. The summed E-state index contributed by atoms with van der Waals surface area (Å²) in [5.74, 6) is 1.52. The van der Waals surface area contributed by atoms with Crippen molar-refractivity contribution in [2.45, 2.75) is 76.6 Å². The second-order valence-electron chi connectivity index (χ2n) is 11.1. The molecule has 1 saturated carbocycles. The van der Waals surface area contributed by atoms with Gasteiger partial charge < -0.3 is 14.5 Å². The molecule has 6 rings (SSSR count). The van der Waals surface area contributed by atoms with Crippen molar-refractivity contribution in [2.24, 2.45) is 0 Å². The number of hydrogen-bond donors (Lipinski definition) is 1. The molecule has 1 aliphatic heterocycles. The van der Waals surface area contributed by atoms with Crippen LogP contribution in [0.3, 0.4) is 0 Å². The SMILES string of the molecule is CCc1ccc2[nH]c(=O)c([C@H](c3nnnn3C3CCCC3)N(Cc3cccc(OC)c3)C[C@H]3CCCO3)cc2c1. The van der Waals surface area contributed by atoms with Gasteiger partial charge in [0, 0.05) is 30.8 Å². The molecule has 2 aliphatic rings.